The van der Waals surface area contributed by atoms with Crippen LogP contribution in [-0.4, -0.2) is 15.3 Å². The molecule has 6 heteroatoms. The van der Waals surface area contributed by atoms with Gasteiger partial charge >= 0.3 is 0 Å². The van der Waals surface area contributed by atoms with Crippen LogP contribution in [0.3, 0.4) is 0 Å². The number of rotatable bonds is 2. The van der Waals surface area contributed by atoms with Crippen LogP contribution in [0.4, 0.5) is 0 Å². The quantitative estimate of drug-likeness (QED) is 0.315. The van der Waals surface area contributed by atoms with Gasteiger partial charge in [-0.1, -0.05) is 50.1 Å². The van der Waals surface area contributed by atoms with Gasteiger partial charge in [-0.2, -0.15) is 0 Å². The van der Waals surface area contributed by atoms with Gasteiger partial charge in [0, 0.05) is 20.1 Å². The molecule has 4 aromatic rings. The Morgan fingerprint density at radius 1 is 1.00 bits per heavy atom. The summed E-state index contributed by atoms with van der Waals surface area (Å²) in [7, 11) is 0. The molecule has 0 fully saturated rings. The number of aromatic nitrogens is 2. The number of benzene rings is 2. The van der Waals surface area contributed by atoms with Gasteiger partial charge in [0.2, 0.25) is 0 Å². The third-order valence-corrected chi connectivity index (χ3v) is 6.06. The molecule has 1 aliphatic heterocycles. The summed E-state index contributed by atoms with van der Waals surface area (Å²) in [6, 6.07) is 18.1. The Morgan fingerprint density at radius 2 is 1.86 bits per heavy atom. The van der Waals surface area contributed by atoms with Gasteiger partial charge in [-0.05, 0) is 43.3 Å². The lowest BCUT2D eigenvalue weighted by Gasteiger charge is -2.13. The van der Waals surface area contributed by atoms with E-state index in [4.69, 9.17) is 9.41 Å². The topological polar surface area (TPSA) is 43.3 Å². The summed E-state index contributed by atoms with van der Waals surface area (Å²) in [6.45, 7) is 2.09. The number of hydrogen-bond donors (Lipinski definition) is 0. The van der Waals surface area contributed by atoms with Crippen LogP contribution in [0.15, 0.2) is 85.5 Å². The molecule has 1 aliphatic rings. The van der Waals surface area contributed by atoms with Crippen LogP contribution in [-0.2, 0) is 0 Å². The van der Waals surface area contributed by atoms with Crippen molar-refractivity contribution in [1.29, 1.82) is 0 Å². The second-order valence-corrected chi connectivity index (χ2v) is 8.39. The summed E-state index contributed by atoms with van der Waals surface area (Å²) >= 11 is 7.31. The Morgan fingerprint density at radius 3 is 2.64 bits per heavy atom. The minimum Gasteiger partial charge on any atom is -0.463 e. The molecule has 0 radical (unpaired) electrons. The fraction of sp³-hybridized carbons (Fsp3) is 0.0909. The van der Waals surface area contributed by atoms with Crippen LogP contribution in [0.1, 0.15) is 29.8 Å². The van der Waals surface area contributed by atoms with Crippen molar-refractivity contribution in [3.8, 4) is 17.1 Å². The van der Waals surface area contributed by atoms with E-state index >= 15 is 0 Å². The number of halogens is 2. The molecular weight excluding hydrogens is 482 g/mol. The first-order chi connectivity index (χ1) is 13.6. The van der Waals surface area contributed by atoms with E-state index in [2.05, 4.69) is 66.5 Å². The lowest BCUT2D eigenvalue weighted by molar-refractivity contribution is 0.578. The van der Waals surface area contributed by atoms with E-state index in [9.17, 15) is 0 Å². The Hall–Kier alpha value is -2.44. The van der Waals surface area contributed by atoms with Crippen LogP contribution in [0, 0.1) is 0 Å². The molecule has 0 amide bonds. The molecule has 0 saturated carbocycles. The van der Waals surface area contributed by atoms with Gasteiger partial charge in [0.05, 0.1) is 29.4 Å². The summed E-state index contributed by atoms with van der Waals surface area (Å²) in [5.74, 6) is 0.749. The number of furan rings is 1. The molecular formula is C22H15Br2N3O. The van der Waals surface area contributed by atoms with Crippen molar-refractivity contribution in [3.63, 3.8) is 0 Å². The predicted molar refractivity (Wildman–Crippen MR) is 117 cm³/mol. The maximum atomic E-state index is 5.63. The van der Waals surface area contributed by atoms with Crippen molar-refractivity contribution >= 4 is 37.6 Å². The molecule has 138 valence electrons. The van der Waals surface area contributed by atoms with Crippen LogP contribution in [0.25, 0.3) is 17.1 Å². The third kappa shape index (κ3) is 2.79. The average molecular weight is 497 g/mol. The third-order valence-electron chi connectivity index (χ3n) is 4.88. The Bertz CT molecular complexity index is 1210. The standard InChI is InChI=1S/C22H15Br2N3O/c1-13-22-21(19-7-4-10-28-19)25-12-27(22)18-9-8-14(23)11-16(18)20(26-13)15-5-2-3-6-17(15)24/h2-13H,1H3/t13-/m0/s1. The first kappa shape index (κ1) is 17.6. The first-order valence-corrected chi connectivity index (χ1v) is 10.5. The Balaban J connectivity index is 1.82. The highest BCUT2D eigenvalue weighted by Gasteiger charge is 2.28. The van der Waals surface area contributed by atoms with E-state index in [-0.39, 0.29) is 6.04 Å². The van der Waals surface area contributed by atoms with Crippen LogP contribution >= 0.6 is 31.9 Å². The van der Waals surface area contributed by atoms with Gasteiger partial charge in [-0.15, -0.1) is 0 Å². The SMILES string of the molecule is C[C@@H]1N=C(c2ccccc2Br)c2cc(Br)ccc2-n2cnc(-c3ccco3)c21. The van der Waals surface area contributed by atoms with Crippen LogP contribution in [0.2, 0.25) is 0 Å². The number of imidazole rings is 1. The first-order valence-electron chi connectivity index (χ1n) is 8.87. The highest BCUT2D eigenvalue weighted by atomic mass is 79.9. The van der Waals surface area contributed by atoms with E-state index in [0.29, 0.717) is 0 Å². The zero-order chi connectivity index (χ0) is 19.3. The summed E-state index contributed by atoms with van der Waals surface area (Å²) in [6.07, 6.45) is 3.53. The Kier molecular flexibility index (Phi) is 4.33. The predicted octanol–water partition coefficient (Wildman–Crippen LogP) is 6.57. The monoisotopic (exact) mass is 495 g/mol. The molecule has 3 heterocycles. The van der Waals surface area contributed by atoms with Gasteiger partial charge in [-0.3, -0.25) is 9.56 Å². The molecule has 0 unspecified atom stereocenters. The van der Waals surface area contributed by atoms with Gasteiger partial charge in [0.1, 0.15) is 12.0 Å². The largest absolute Gasteiger partial charge is 0.463 e. The van der Waals surface area contributed by atoms with Crippen molar-refractivity contribution in [2.45, 2.75) is 13.0 Å². The normalized spacial score (nSPS) is 15.5. The maximum Gasteiger partial charge on any atom is 0.154 e. The second-order valence-electron chi connectivity index (χ2n) is 6.62. The van der Waals surface area contributed by atoms with Crippen molar-refractivity contribution in [1.82, 2.24) is 9.55 Å². The van der Waals surface area contributed by atoms with E-state index in [0.717, 1.165) is 48.6 Å². The molecule has 5 rings (SSSR count). The second kappa shape index (κ2) is 6.87. The summed E-state index contributed by atoms with van der Waals surface area (Å²) in [5, 5.41) is 0. The molecule has 0 saturated heterocycles. The summed E-state index contributed by atoms with van der Waals surface area (Å²) in [4.78, 5) is 9.78. The van der Waals surface area contributed by atoms with E-state index in [1.165, 1.54) is 0 Å². The molecule has 0 N–H and O–H groups in total. The van der Waals surface area contributed by atoms with Crippen LogP contribution < -0.4 is 0 Å². The number of aliphatic imine (C=N–C) groups is 1. The van der Waals surface area contributed by atoms with Gasteiger partial charge in [0.15, 0.2) is 5.76 Å². The molecule has 28 heavy (non-hydrogen) atoms. The lowest BCUT2D eigenvalue weighted by Crippen LogP contribution is -2.07. The number of nitrogens with zero attached hydrogens (tertiary/aromatic N) is 3. The lowest BCUT2D eigenvalue weighted by atomic mass is 10.0. The van der Waals surface area contributed by atoms with Gasteiger partial charge in [0.25, 0.3) is 0 Å². The van der Waals surface area contributed by atoms with Crippen molar-refractivity contribution in [2.75, 3.05) is 0 Å². The Labute approximate surface area is 179 Å². The summed E-state index contributed by atoms with van der Waals surface area (Å²) < 4.78 is 9.78. The van der Waals surface area contributed by atoms with Gasteiger partial charge < -0.3 is 4.42 Å². The maximum absolute atomic E-state index is 5.63. The number of fused-ring (bicyclic) bond motifs is 3. The summed E-state index contributed by atoms with van der Waals surface area (Å²) in [5.41, 5.74) is 5.94. The van der Waals surface area contributed by atoms with E-state index in [1.807, 2.05) is 42.7 Å². The molecule has 0 aliphatic carbocycles. The molecule has 0 spiro atoms. The van der Waals surface area contributed by atoms with Crippen molar-refractivity contribution in [2.24, 2.45) is 4.99 Å². The van der Waals surface area contributed by atoms with E-state index in [1.54, 1.807) is 6.26 Å². The zero-order valence-corrected chi connectivity index (χ0v) is 18.1. The zero-order valence-electron chi connectivity index (χ0n) is 14.9. The highest BCUT2D eigenvalue weighted by molar-refractivity contribution is 9.10. The number of hydrogen-bond acceptors (Lipinski definition) is 3. The average Bonchev–Trinajstić information content (AvgIpc) is 3.34. The molecule has 1 atom stereocenters. The minimum absolute atomic E-state index is 0.101. The molecule has 0 bridgehead atoms. The fourth-order valence-electron chi connectivity index (χ4n) is 3.65. The molecule has 2 aromatic carbocycles. The van der Waals surface area contributed by atoms with Crippen molar-refractivity contribution in [3.05, 3.63) is 93.0 Å². The van der Waals surface area contributed by atoms with Crippen LogP contribution in [0.5, 0.6) is 0 Å². The smallest absolute Gasteiger partial charge is 0.154 e. The fourth-order valence-corrected chi connectivity index (χ4v) is 4.49. The van der Waals surface area contributed by atoms with E-state index < -0.39 is 0 Å². The molecule has 2 aromatic heterocycles. The minimum atomic E-state index is -0.101. The molecule has 4 nitrogen and oxygen atoms in total. The van der Waals surface area contributed by atoms with Crippen molar-refractivity contribution < 1.29 is 4.42 Å². The van der Waals surface area contributed by atoms with Gasteiger partial charge in [-0.25, -0.2) is 4.98 Å². The highest BCUT2D eigenvalue weighted by Crippen LogP contribution is 2.37.